The Hall–Kier alpha value is -3.39. The average molecular weight is 383 g/mol. The molecule has 27 heavy (non-hydrogen) atoms. The molecule has 4 aromatic rings. The Morgan fingerprint density at radius 3 is 2.81 bits per heavy atom. The predicted molar refractivity (Wildman–Crippen MR) is 101 cm³/mol. The molecule has 0 fully saturated rings. The number of hydrogen-bond acceptors (Lipinski definition) is 5. The Morgan fingerprint density at radius 2 is 2.07 bits per heavy atom. The molecular formula is C18H15ClN6O2. The fraction of sp³-hybridized carbons (Fsp3) is 0.111. The van der Waals surface area contributed by atoms with Gasteiger partial charge in [0.1, 0.15) is 5.75 Å². The summed E-state index contributed by atoms with van der Waals surface area (Å²) < 4.78 is 3.36. The quantitative estimate of drug-likeness (QED) is 0.531. The summed E-state index contributed by atoms with van der Waals surface area (Å²) in [4.78, 5) is 16.8. The van der Waals surface area contributed by atoms with Gasteiger partial charge in [0.15, 0.2) is 11.3 Å². The number of aromatic hydroxyl groups is 1. The molecule has 0 saturated carbocycles. The summed E-state index contributed by atoms with van der Waals surface area (Å²) in [5, 5.41) is 21.5. The van der Waals surface area contributed by atoms with E-state index in [9.17, 15) is 9.90 Å². The molecule has 0 spiro atoms. The lowest BCUT2D eigenvalue weighted by atomic mass is 10.2. The van der Waals surface area contributed by atoms with Gasteiger partial charge in [-0.05, 0) is 31.2 Å². The van der Waals surface area contributed by atoms with Crippen LogP contribution in [-0.4, -0.2) is 35.4 Å². The Labute approximate surface area is 159 Å². The van der Waals surface area contributed by atoms with Crippen LogP contribution in [0.1, 0.15) is 16.2 Å². The second kappa shape index (κ2) is 6.40. The van der Waals surface area contributed by atoms with Crippen molar-refractivity contribution in [2.75, 3.05) is 5.32 Å². The van der Waals surface area contributed by atoms with Gasteiger partial charge in [-0.25, -0.2) is 9.50 Å². The minimum atomic E-state index is -0.480. The molecule has 3 aromatic heterocycles. The van der Waals surface area contributed by atoms with E-state index in [0.717, 1.165) is 17.0 Å². The van der Waals surface area contributed by atoms with Crippen LogP contribution in [0.2, 0.25) is 5.02 Å². The maximum atomic E-state index is 12.6. The van der Waals surface area contributed by atoms with Crippen molar-refractivity contribution in [3.8, 4) is 17.0 Å². The first-order valence-electron chi connectivity index (χ1n) is 8.07. The van der Waals surface area contributed by atoms with Gasteiger partial charge in [-0.1, -0.05) is 11.6 Å². The van der Waals surface area contributed by atoms with Crippen LogP contribution in [0.4, 0.5) is 5.69 Å². The number of carbonyl (C=O) groups excluding carboxylic acids is 1. The first-order valence-corrected chi connectivity index (χ1v) is 8.45. The summed E-state index contributed by atoms with van der Waals surface area (Å²) in [5.41, 5.74) is 3.53. The van der Waals surface area contributed by atoms with Crippen molar-refractivity contribution >= 4 is 28.8 Å². The Kier molecular flexibility index (Phi) is 4.04. The molecule has 136 valence electrons. The van der Waals surface area contributed by atoms with Crippen LogP contribution >= 0.6 is 11.6 Å². The lowest BCUT2D eigenvalue weighted by Crippen LogP contribution is -2.13. The molecule has 0 aliphatic carbocycles. The number of amides is 1. The Balaban J connectivity index is 1.73. The minimum Gasteiger partial charge on any atom is -0.506 e. The topological polar surface area (TPSA) is 97.3 Å². The number of nitrogens with one attached hydrogen (secondary N) is 1. The fourth-order valence-corrected chi connectivity index (χ4v) is 2.93. The normalized spacial score (nSPS) is 11.1. The Bertz CT molecular complexity index is 1180. The van der Waals surface area contributed by atoms with Gasteiger partial charge >= 0.3 is 0 Å². The molecule has 0 unspecified atom stereocenters. The number of hydrogen-bond donors (Lipinski definition) is 2. The number of fused-ring (bicyclic) bond motifs is 1. The van der Waals surface area contributed by atoms with Crippen LogP contribution in [0.3, 0.4) is 0 Å². The van der Waals surface area contributed by atoms with Crippen molar-refractivity contribution in [3.63, 3.8) is 0 Å². The third-order valence-corrected chi connectivity index (χ3v) is 4.54. The number of nitrogens with zero attached hydrogens (tertiary/aromatic N) is 5. The summed E-state index contributed by atoms with van der Waals surface area (Å²) in [6.07, 6.45) is 3.40. The Morgan fingerprint density at radius 1 is 1.26 bits per heavy atom. The molecule has 1 amide bonds. The van der Waals surface area contributed by atoms with Crippen LogP contribution in [-0.2, 0) is 7.05 Å². The second-order valence-electron chi connectivity index (χ2n) is 6.01. The van der Waals surface area contributed by atoms with E-state index in [-0.39, 0.29) is 17.1 Å². The summed E-state index contributed by atoms with van der Waals surface area (Å²) in [7, 11) is 1.86. The average Bonchev–Trinajstić information content (AvgIpc) is 3.22. The minimum absolute atomic E-state index is 0.0821. The number of phenolic OH excluding ortho intramolecular Hbond substituents is 1. The molecule has 0 aliphatic heterocycles. The standard InChI is InChI=1S/C18H15ClN6O2/c1-10-12(9-21-24(10)2)15-5-6-20-17-8-14(23-25(15)17)18(27)22-13-7-11(19)3-4-16(13)26/h3-9,26H,1-2H3,(H,22,27). The first-order chi connectivity index (χ1) is 12.9. The van der Waals surface area contributed by atoms with Gasteiger partial charge in [0, 0.05) is 35.6 Å². The molecule has 0 atom stereocenters. The molecule has 1 aromatic carbocycles. The van der Waals surface area contributed by atoms with Crippen LogP contribution in [0.15, 0.2) is 42.7 Å². The highest BCUT2D eigenvalue weighted by Gasteiger charge is 2.17. The van der Waals surface area contributed by atoms with E-state index in [1.807, 2.05) is 20.0 Å². The van der Waals surface area contributed by atoms with E-state index in [4.69, 9.17) is 11.6 Å². The monoisotopic (exact) mass is 382 g/mol. The molecule has 2 N–H and O–H groups in total. The highest BCUT2D eigenvalue weighted by atomic mass is 35.5. The number of aromatic nitrogens is 5. The van der Waals surface area contributed by atoms with Crippen LogP contribution in [0.25, 0.3) is 16.9 Å². The van der Waals surface area contributed by atoms with Crippen LogP contribution in [0, 0.1) is 6.92 Å². The van der Waals surface area contributed by atoms with Crippen molar-refractivity contribution in [3.05, 3.63) is 59.1 Å². The van der Waals surface area contributed by atoms with Crippen molar-refractivity contribution in [1.29, 1.82) is 0 Å². The van der Waals surface area contributed by atoms with Crippen molar-refractivity contribution in [1.82, 2.24) is 24.4 Å². The zero-order chi connectivity index (χ0) is 19.1. The van der Waals surface area contributed by atoms with E-state index in [2.05, 4.69) is 20.5 Å². The van der Waals surface area contributed by atoms with Crippen molar-refractivity contribution < 1.29 is 9.90 Å². The van der Waals surface area contributed by atoms with Crippen LogP contribution in [0.5, 0.6) is 5.75 Å². The van der Waals surface area contributed by atoms with Crippen molar-refractivity contribution in [2.45, 2.75) is 6.92 Å². The first kappa shape index (κ1) is 17.0. The summed E-state index contributed by atoms with van der Waals surface area (Å²) in [5.74, 6) is -0.562. The lowest BCUT2D eigenvalue weighted by molar-refractivity contribution is 0.102. The zero-order valence-corrected chi connectivity index (χ0v) is 15.3. The van der Waals surface area contributed by atoms with Gasteiger partial charge in [-0.2, -0.15) is 10.2 Å². The molecule has 0 saturated heterocycles. The molecule has 4 rings (SSSR count). The van der Waals surface area contributed by atoms with Gasteiger partial charge in [-0.15, -0.1) is 0 Å². The third-order valence-electron chi connectivity index (χ3n) is 4.31. The number of anilines is 1. The van der Waals surface area contributed by atoms with E-state index >= 15 is 0 Å². The summed E-state index contributed by atoms with van der Waals surface area (Å²) >= 11 is 5.92. The van der Waals surface area contributed by atoms with Crippen molar-refractivity contribution in [2.24, 2.45) is 7.05 Å². The van der Waals surface area contributed by atoms with Gasteiger partial charge in [0.05, 0.1) is 17.6 Å². The van der Waals surface area contributed by atoms with Gasteiger partial charge in [0.2, 0.25) is 0 Å². The van der Waals surface area contributed by atoms with Gasteiger partial charge < -0.3 is 10.4 Å². The number of halogens is 1. The maximum Gasteiger partial charge on any atom is 0.276 e. The smallest absolute Gasteiger partial charge is 0.276 e. The number of rotatable bonds is 3. The second-order valence-corrected chi connectivity index (χ2v) is 6.45. The van der Waals surface area contributed by atoms with E-state index in [1.54, 1.807) is 27.7 Å². The predicted octanol–water partition coefficient (Wildman–Crippen LogP) is 3.05. The van der Waals surface area contributed by atoms with Crippen LogP contribution < -0.4 is 5.32 Å². The number of aryl methyl sites for hydroxylation is 1. The summed E-state index contributed by atoms with van der Waals surface area (Å²) in [6.45, 7) is 1.95. The molecule has 8 nitrogen and oxygen atoms in total. The molecule has 0 aliphatic rings. The molecule has 3 heterocycles. The molecule has 9 heteroatoms. The van der Waals surface area contributed by atoms with Gasteiger partial charge in [0.25, 0.3) is 5.91 Å². The number of benzene rings is 1. The molecule has 0 bridgehead atoms. The molecule has 0 radical (unpaired) electrons. The van der Waals surface area contributed by atoms with Gasteiger partial charge in [-0.3, -0.25) is 9.48 Å². The van der Waals surface area contributed by atoms with E-state index in [0.29, 0.717) is 10.7 Å². The zero-order valence-electron chi connectivity index (χ0n) is 14.5. The SMILES string of the molecule is Cc1c(-c2ccnc3cc(C(=O)Nc4cc(Cl)ccc4O)nn23)cnn1C. The number of carbonyl (C=O) groups is 1. The largest absolute Gasteiger partial charge is 0.506 e. The lowest BCUT2D eigenvalue weighted by Gasteiger charge is -2.06. The number of phenols is 1. The highest BCUT2D eigenvalue weighted by Crippen LogP contribution is 2.27. The fourth-order valence-electron chi connectivity index (χ4n) is 2.76. The van der Waals surface area contributed by atoms with E-state index in [1.165, 1.54) is 18.2 Å². The van der Waals surface area contributed by atoms with E-state index < -0.39 is 5.91 Å². The maximum absolute atomic E-state index is 12.6. The molecular weight excluding hydrogens is 368 g/mol. The summed E-state index contributed by atoms with van der Waals surface area (Å²) in [6, 6.07) is 7.80. The highest BCUT2D eigenvalue weighted by molar-refractivity contribution is 6.31. The third kappa shape index (κ3) is 3.00.